The van der Waals surface area contributed by atoms with E-state index in [2.05, 4.69) is 20.3 Å². The van der Waals surface area contributed by atoms with Gasteiger partial charge in [-0.3, -0.25) is 10.1 Å². The first-order chi connectivity index (χ1) is 13.7. The summed E-state index contributed by atoms with van der Waals surface area (Å²) < 4.78 is 6.81. The van der Waals surface area contributed by atoms with E-state index in [9.17, 15) is 10.1 Å². The third kappa shape index (κ3) is 3.49. The molecule has 0 N–H and O–H groups in total. The molecule has 0 unspecified atom stereocenters. The maximum atomic E-state index is 10.9. The second-order valence-corrected chi connectivity index (χ2v) is 6.73. The molecule has 9 nitrogen and oxygen atoms in total. The van der Waals surface area contributed by atoms with Crippen molar-refractivity contribution in [1.82, 2.24) is 25.0 Å². The van der Waals surface area contributed by atoms with Crippen LogP contribution >= 0.6 is 11.8 Å². The van der Waals surface area contributed by atoms with Gasteiger partial charge in [0.1, 0.15) is 17.1 Å². The molecule has 4 aromatic rings. The molecule has 0 bridgehead atoms. The zero-order chi connectivity index (χ0) is 19.5. The van der Waals surface area contributed by atoms with Crippen molar-refractivity contribution in [2.45, 2.75) is 10.8 Å². The largest absolute Gasteiger partial charge is 0.497 e. The highest BCUT2D eigenvalue weighted by Crippen LogP contribution is 2.28. The molecular formula is C18H14N6O3S. The molecule has 0 aliphatic heterocycles. The number of non-ortho nitro benzene ring substituents is 1. The fourth-order valence-electron chi connectivity index (χ4n) is 2.64. The van der Waals surface area contributed by atoms with Gasteiger partial charge in [-0.25, -0.2) is 9.97 Å². The van der Waals surface area contributed by atoms with Crippen LogP contribution in [0.15, 0.2) is 59.9 Å². The van der Waals surface area contributed by atoms with E-state index in [-0.39, 0.29) is 5.69 Å². The number of rotatable bonds is 6. The predicted octanol–water partition coefficient (Wildman–Crippen LogP) is 3.42. The number of nitro benzene ring substituents is 1. The van der Waals surface area contributed by atoms with Gasteiger partial charge in [-0.2, -0.15) is 4.68 Å². The van der Waals surface area contributed by atoms with E-state index in [0.717, 1.165) is 17.0 Å². The van der Waals surface area contributed by atoms with Gasteiger partial charge < -0.3 is 4.74 Å². The zero-order valence-electron chi connectivity index (χ0n) is 14.7. The predicted molar refractivity (Wildman–Crippen MR) is 104 cm³/mol. The van der Waals surface area contributed by atoms with Crippen LogP contribution in [0.5, 0.6) is 5.75 Å². The molecule has 2 aromatic carbocycles. The van der Waals surface area contributed by atoms with Gasteiger partial charge in [-0.1, -0.05) is 29.1 Å². The summed E-state index contributed by atoms with van der Waals surface area (Å²) in [5.41, 5.74) is 2.86. The van der Waals surface area contributed by atoms with Gasteiger partial charge in [0.15, 0.2) is 11.2 Å². The topological polar surface area (TPSA) is 109 Å². The molecule has 0 radical (unpaired) electrons. The van der Waals surface area contributed by atoms with E-state index >= 15 is 0 Å². The Hall–Kier alpha value is -3.53. The SMILES string of the molecule is COc1ccc(-n2nnc3c(SCc4cccc([N+](=O)[O-])c4)ncnc32)cc1. The van der Waals surface area contributed by atoms with Gasteiger partial charge in [0.25, 0.3) is 5.69 Å². The summed E-state index contributed by atoms with van der Waals surface area (Å²) in [5.74, 6) is 1.26. The maximum absolute atomic E-state index is 10.9. The quantitative estimate of drug-likeness (QED) is 0.212. The third-order valence-corrected chi connectivity index (χ3v) is 5.07. The average molecular weight is 394 g/mol. The second kappa shape index (κ2) is 7.61. The number of aromatic nitrogens is 5. The second-order valence-electron chi connectivity index (χ2n) is 5.77. The molecule has 0 atom stereocenters. The van der Waals surface area contributed by atoms with Crippen LogP contribution in [0, 0.1) is 10.1 Å². The standard InChI is InChI=1S/C18H14N6O3S/c1-27-15-7-5-13(6-8-15)23-17-16(21-22-23)18(20-11-19-17)28-10-12-3-2-4-14(9-12)24(25)26/h2-9,11H,10H2,1H3. The molecule has 140 valence electrons. The summed E-state index contributed by atoms with van der Waals surface area (Å²) in [6.07, 6.45) is 1.46. The van der Waals surface area contributed by atoms with Gasteiger partial charge >= 0.3 is 0 Å². The highest BCUT2D eigenvalue weighted by Gasteiger charge is 2.14. The molecule has 0 aliphatic rings. The smallest absolute Gasteiger partial charge is 0.269 e. The van der Waals surface area contributed by atoms with Gasteiger partial charge in [0.05, 0.1) is 17.7 Å². The van der Waals surface area contributed by atoms with Crippen LogP contribution in [0.2, 0.25) is 0 Å². The summed E-state index contributed by atoms with van der Waals surface area (Å²) in [5, 5.41) is 20.0. The van der Waals surface area contributed by atoms with E-state index in [4.69, 9.17) is 4.74 Å². The minimum Gasteiger partial charge on any atom is -0.497 e. The lowest BCUT2D eigenvalue weighted by Gasteiger charge is -2.04. The normalized spacial score (nSPS) is 10.9. The van der Waals surface area contributed by atoms with E-state index in [1.807, 2.05) is 30.3 Å². The lowest BCUT2D eigenvalue weighted by atomic mass is 10.2. The van der Waals surface area contributed by atoms with Crippen molar-refractivity contribution in [2.24, 2.45) is 0 Å². The fraction of sp³-hybridized carbons (Fsp3) is 0.111. The Bertz CT molecular complexity index is 1150. The van der Waals surface area contributed by atoms with E-state index < -0.39 is 4.92 Å². The minimum atomic E-state index is -0.405. The Labute approximate surface area is 163 Å². The zero-order valence-corrected chi connectivity index (χ0v) is 15.5. The van der Waals surface area contributed by atoms with Crippen molar-refractivity contribution < 1.29 is 9.66 Å². The number of thioether (sulfide) groups is 1. The summed E-state index contributed by atoms with van der Waals surface area (Å²) in [4.78, 5) is 19.1. The number of benzene rings is 2. The highest BCUT2D eigenvalue weighted by atomic mass is 32.2. The van der Waals surface area contributed by atoms with Crippen LogP contribution < -0.4 is 4.74 Å². The van der Waals surface area contributed by atoms with Crippen LogP contribution in [0.25, 0.3) is 16.9 Å². The number of hydrogen-bond acceptors (Lipinski definition) is 8. The van der Waals surface area contributed by atoms with Crippen molar-refractivity contribution in [3.63, 3.8) is 0 Å². The molecule has 0 saturated heterocycles. The van der Waals surface area contributed by atoms with Crippen LogP contribution in [0.3, 0.4) is 0 Å². The Morgan fingerprint density at radius 1 is 1.18 bits per heavy atom. The first kappa shape index (κ1) is 17.9. The van der Waals surface area contributed by atoms with Crippen LogP contribution in [-0.4, -0.2) is 37.0 Å². The first-order valence-electron chi connectivity index (χ1n) is 8.22. The lowest BCUT2D eigenvalue weighted by Crippen LogP contribution is -1.98. The van der Waals surface area contributed by atoms with Crippen molar-refractivity contribution in [3.8, 4) is 11.4 Å². The molecule has 0 fully saturated rings. The Morgan fingerprint density at radius 2 is 2.00 bits per heavy atom. The molecule has 0 saturated carbocycles. The van der Waals surface area contributed by atoms with Gasteiger partial charge in [-0.05, 0) is 29.8 Å². The monoisotopic (exact) mass is 394 g/mol. The fourth-order valence-corrected chi connectivity index (χ4v) is 3.52. The van der Waals surface area contributed by atoms with Gasteiger partial charge in [-0.15, -0.1) is 5.10 Å². The first-order valence-corrected chi connectivity index (χ1v) is 9.21. The van der Waals surface area contributed by atoms with Crippen LogP contribution in [0.4, 0.5) is 5.69 Å². The molecule has 4 rings (SSSR count). The number of fused-ring (bicyclic) bond motifs is 1. The molecule has 0 aliphatic carbocycles. The van der Waals surface area contributed by atoms with E-state index in [1.165, 1.54) is 24.2 Å². The molecule has 28 heavy (non-hydrogen) atoms. The Morgan fingerprint density at radius 3 is 2.75 bits per heavy atom. The van der Waals surface area contributed by atoms with Gasteiger partial charge in [0.2, 0.25) is 0 Å². The maximum Gasteiger partial charge on any atom is 0.269 e. The van der Waals surface area contributed by atoms with Crippen LogP contribution in [0.1, 0.15) is 5.56 Å². The number of nitro groups is 1. The molecular weight excluding hydrogens is 380 g/mol. The Balaban J connectivity index is 1.61. The number of hydrogen-bond donors (Lipinski definition) is 0. The summed E-state index contributed by atoms with van der Waals surface area (Å²) in [7, 11) is 1.61. The lowest BCUT2D eigenvalue weighted by molar-refractivity contribution is -0.384. The van der Waals surface area contributed by atoms with Crippen molar-refractivity contribution in [3.05, 3.63) is 70.5 Å². The number of nitrogens with zero attached hydrogens (tertiary/aromatic N) is 6. The van der Waals surface area contributed by atoms with Gasteiger partial charge in [0, 0.05) is 17.9 Å². The Kier molecular flexibility index (Phi) is 4.85. The molecule has 2 heterocycles. The summed E-state index contributed by atoms with van der Waals surface area (Å²) in [6, 6.07) is 13.9. The molecule has 2 aromatic heterocycles. The molecule has 0 spiro atoms. The van der Waals surface area contributed by atoms with Crippen LogP contribution in [-0.2, 0) is 5.75 Å². The molecule has 10 heteroatoms. The van der Waals surface area contributed by atoms with E-state index in [0.29, 0.717) is 21.9 Å². The average Bonchev–Trinajstić information content (AvgIpc) is 3.17. The summed E-state index contributed by atoms with van der Waals surface area (Å²) >= 11 is 1.43. The number of ether oxygens (including phenoxy) is 1. The summed E-state index contributed by atoms with van der Waals surface area (Å²) in [6.45, 7) is 0. The minimum absolute atomic E-state index is 0.0661. The molecule has 0 amide bonds. The number of methoxy groups -OCH3 is 1. The highest BCUT2D eigenvalue weighted by molar-refractivity contribution is 7.98. The van der Waals surface area contributed by atoms with Crippen molar-refractivity contribution in [2.75, 3.05) is 7.11 Å². The van der Waals surface area contributed by atoms with Crippen molar-refractivity contribution >= 4 is 28.6 Å². The van der Waals surface area contributed by atoms with Crippen molar-refractivity contribution in [1.29, 1.82) is 0 Å². The third-order valence-electron chi connectivity index (χ3n) is 4.02. The van der Waals surface area contributed by atoms with E-state index in [1.54, 1.807) is 23.9 Å².